The van der Waals surface area contributed by atoms with Gasteiger partial charge in [-0.25, -0.2) is 4.79 Å². The molecule has 0 radical (unpaired) electrons. The summed E-state index contributed by atoms with van der Waals surface area (Å²) in [6.45, 7) is 3.88. The zero-order valence-corrected chi connectivity index (χ0v) is 17.8. The monoisotopic (exact) mass is 425 g/mol. The first-order chi connectivity index (χ1) is 14.4. The summed E-state index contributed by atoms with van der Waals surface area (Å²) in [4.78, 5) is 39.2. The summed E-state index contributed by atoms with van der Waals surface area (Å²) >= 11 is 6.14. The molecule has 1 saturated heterocycles. The van der Waals surface area contributed by atoms with Crippen molar-refractivity contribution in [2.45, 2.75) is 52.0 Å². The first-order valence-corrected chi connectivity index (χ1v) is 10.6. The van der Waals surface area contributed by atoms with Crippen molar-refractivity contribution < 1.29 is 14.4 Å². The Morgan fingerprint density at radius 1 is 1.07 bits per heavy atom. The molecule has 2 fully saturated rings. The second-order valence-electron chi connectivity index (χ2n) is 7.93. The van der Waals surface area contributed by atoms with E-state index in [0.717, 1.165) is 54.7 Å². The van der Waals surface area contributed by atoms with Crippen LogP contribution in [0.25, 0.3) is 11.8 Å². The quantitative estimate of drug-likeness (QED) is 0.579. The fourth-order valence-electron chi connectivity index (χ4n) is 4.44. The molecule has 1 aliphatic heterocycles. The maximum atomic E-state index is 13.1. The Labute approximate surface area is 180 Å². The van der Waals surface area contributed by atoms with Gasteiger partial charge >= 0.3 is 6.03 Å². The summed E-state index contributed by atoms with van der Waals surface area (Å²) in [5, 5.41) is 2.97. The number of carbonyl (C=O) groups is 3. The fourth-order valence-corrected chi connectivity index (χ4v) is 4.63. The zero-order chi connectivity index (χ0) is 21.4. The highest BCUT2D eigenvalue weighted by atomic mass is 35.5. The molecule has 4 amide bonds. The number of hydrogen-bond acceptors (Lipinski definition) is 3. The summed E-state index contributed by atoms with van der Waals surface area (Å²) in [6, 6.07) is 8.65. The highest BCUT2D eigenvalue weighted by Gasteiger charge is 2.40. The number of urea groups is 1. The maximum absolute atomic E-state index is 13.1. The molecule has 30 heavy (non-hydrogen) atoms. The number of benzene rings is 1. The minimum atomic E-state index is -0.649. The second-order valence-corrected chi connectivity index (χ2v) is 8.36. The maximum Gasteiger partial charge on any atom is 0.331 e. The molecule has 1 aromatic heterocycles. The van der Waals surface area contributed by atoms with Crippen LogP contribution < -0.4 is 5.32 Å². The van der Waals surface area contributed by atoms with Crippen LogP contribution in [0.2, 0.25) is 5.02 Å². The van der Waals surface area contributed by atoms with E-state index in [2.05, 4.69) is 5.32 Å². The third-order valence-corrected chi connectivity index (χ3v) is 6.14. The molecule has 156 valence electrons. The van der Waals surface area contributed by atoms with E-state index >= 15 is 0 Å². The molecule has 6 nitrogen and oxygen atoms in total. The summed E-state index contributed by atoms with van der Waals surface area (Å²) < 4.78 is 2.02. The first kappa shape index (κ1) is 20.4. The molecule has 0 unspecified atom stereocenters. The van der Waals surface area contributed by atoms with Crippen molar-refractivity contribution in [2.24, 2.45) is 0 Å². The lowest BCUT2D eigenvalue weighted by molar-refractivity contribution is -0.132. The van der Waals surface area contributed by atoms with Gasteiger partial charge in [-0.3, -0.25) is 19.8 Å². The summed E-state index contributed by atoms with van der Waals surface area (Å²) in [6.07, 6.45) is 6.22. The summed E-state index contributed by atoms with van der Waals surface area (Å²) in [5.41, 5.74) is 3.48. The molecule has 0 atom stereocenters. The third-order valence-electron chi connectivity index (χ3n) is 5.91. The number of aromatic nitrogens is 1. The predicted molar refractivity (Wildman–Crippen MR) is 115 cm³/mol. The van der Waals surface area contributed by atoms with E-state index in [1.54, 1.807) is 6.08 Å². The number of halogens is 1. The van der Waals surface area contributed by atoms with Crippen molar-refractivity contribution in [2.75, 3.05) is 0 Å². The van der Waals surface area contributed by atoms with Crippen LogP contribution in [-0.2, 0) is 9.59 Å². The van der Waals surface area contributed by atoms with Crippen molar-refractivity contribution in [1.29, 1.82) is 0 Å². The van der Waals surface area contributed by atoms with E-state index in [4.69, 9.17) is 11.6 Å². The number of rotatable bonds is 3. The number of barbiturate groups is 1. The van der Waals surface area contributed by atoms with Gasteiger partial charge in [0.1, 0.15) is 5.57 Å². The van der Waals surface area contributed by atoms with Crippen LogP contribution in [0, 0.1) is 13.8 Å². The SMILES string of the molecule is Cc1cc(C=C2C(=O)NC(=O)N(C3CCCCC3)C2=O)c(C)n1-c1cccc(Cl)c1. The molecule has 7 heteroatoms. The van der Waals surface area contributed by atoms with E-state index in [9.17, 15) is 14.4 Å². The Hall–Kier alpha value is -2.86. The standard InChI is InChI=1S/C23H24ClN3O3/c1-14-11-16(15(2)26(14)19-10-6-7-17(24)13-19)12-20-21(28)25-23(30)27(22(20)29)18-8-4-3-5-9-18/h6-7,10-13,18H,3-5,8-9H2,1-2H3,(H,25,28,30). The first-order valence-electron chi connectivity index (χ1n) is 10.2. The van der Waals surface area contributed by atoms with Crippen molar-refractivity contribution in [3.8, 4) is 5.69 Å². The summed E-state index contributed by atoms with van der Waals surface area (Å²) in [5.74, 6) is -1.16. The lowest BCUT2D eigenvalue weighted by atomic mass is 9.93. The average molecular weight is 426 g/mol. The van der Waals surface area contributed by atoms with Crippen molar-refractivity contribution in [3.63, 3.8) is 0 Å². The van der Waals surface area contributed by atoms with Crippen LogP contribution in [0.1, 0.15) is 49.1 Å². The highest BCUT2D eigenvalue weighted by Crippen LogP contribution is 2.28. The van der Waals surface area contributed by atoms with Gasteiger partial charge in [-0.2, -0.15) is 0 Å². The molecule has 2 heterocycles. The molecule has 0 spiro atoms. The second kappa shape index (κ2) is 8.11. The molecule has 0 bridgehead atoms. The third kappa shape index (κ3) is 3.67. The fraction of sp³-hybridized carbons (Fsp3) is 0.348. The van der Waals surface area contributed by atoms with Crippen LogP contribution in [0.4, 0.5) is 4.79 Å². The van der Waals surface area contributed by atoms with E-state index in [1.165, 1.54) is 4.90 Å². The minimum absolute atomic E-state index is 0.00785. The number of imide groups is 2. The largest absolute Gasteiger partial charge is 0.331 e. The van der Waals surface area contributed by atoms with Crippen LogP contribution in [0.5, 0.6) is 0 Å². The summed E-state index contributed by atoms with van der Waals surface area (Å²) in [7, 11) is 0. The van der Waals surface area contributed by atoms with Gasteiger partial charge in [0.15, 0.2) is 0 Å². The van der Waals surface area contributed by atoms with Gasteiger partial charge in [-0.1, -0.05) is 36.9 Å². The molecule has 1 saturated carbocycles. The molecule has 1 N–H and O–H groups in total. The van der Waals surface area contributed by atoms with Gasteiger partial charge in [-0.05, 0) is 62.6 Å². The molecule has 1 aromatic carbocycles. The van der Waals surface area contributed by atoms with Crippen LogP contribution in [-0.4, -0.2) is 33.4 Å². The predicted octanol–water partition coefficient (Wildman–Crippen LogP) is 4.54. The average Bonchev–Trinajstić information content (AvgIpc) is 2.99. The number of carbonyl (C=O) groups excluding carboxylic acids is 3. The van der Waals surface area contributed by atoms with Crippen LogP contribution in [0.15, 0.2) is 35.9 Å². The molecular weight excluding hydrogens is 402 g/mol. The van der Waals surface area contributed by atoms with Crippen molar-refractivity contribution in [1.82, 2.24) is 14.8 Å². The van der Waals surface area contributed by atoms with Crippen molar-refractivity contribution in [3.05, 3.63) is 57.9 Å². The Balaban J connectivity index is 1.71. The lowest BCUT2D eigenvalue weighted by Gasteiger charge is -2.35. The zero-order valence-electron chi connectivity index (χ0n) is 17.1. The van der Waals surface area contributed by atoms with Gasteiger partial charge in [0.25, 0.3) is 11.8 Å². The number of aryl methyl sites for hydroxylation is 1. The Morgan fingerprint density at radius 3 is 2.50 bits per heavy atom. The Kier molecular flexibility index (Phi) is 5.52. The van der Waals surface area contributed by atoms with Crippen LogP contribution in [0.3, 0.4) is 0 Å². The molecule has 1 aliphatic carbocycles. The van der Waals surface area contributed by atoms with E-state index in [0.29, 0.717) is 5.02 Å². The smallest absolute Gasteiger partial charge is 0.318 e. The number of amides is 4. The highest BCUT2D eigenvalue weighted by molar-refractivity contribution is 6.31. The number of nitrogens with one attached hydrogen (secondary N) is 1. The number of nitrogens with zero attached hydrogens (tertiary/aromatic N) is 2. The van der Waals surface area contributed by atoms with E-state index in [1.807, 2.05) is 48.7 Å². The van der Waals surface area contributed by atoms with Gasteiger partial charge in [0.2, 0.25) is 0 Å². The lowest BCUT2D eigenvalue weighted by Crippen LogP contribution is -2.58. The minimum Gasteiger partial charge on any atom is -0.318 e. The van der Waals surface area contributed by atoms with Crippen LogP contribution >= 0.6 is 11.6 Å². The Bertz CT molecular complexity index is 1060. The van der Waals surface area contributed by atoms with Gasteiger partial charge in [0, 0.05) is 28.1 Å². The van der Waals surface area contributed by atoms with Gasteiger partial charge in [0.05, 0.1) is 0 Å². The molecule has 4 rings (SSSR count). The topological polar surface area (TPSA) is 71.4 Å². The van der Waals surface area contributed by atoms with Gasteiger partial charge in [-0.15, -0.1) is 0 Å². The van der Waals surface area contributed by atoms with Gasteiger partial charge < -0.3 is 4.57 Å². The normalized spacial score (nSPS) is 19.5. The number of hydrogen-bond donors (Lipinski definition) is 1. The molecular formula is C23H24ClN3O3. The molecule has 2 aromatic rings. The molecule has 2 aliphatic rings. The van der Waals surface area contributed by atoms with E-state index in [-0.39, 0.29) is 11.6 Å². The van der Waals surface area contributed by atoms with E-state index < -0.39 is 17.8 Å². The Morgan fingerprint density at radius 2 is 1.80 bits per heavy atom. The van der Waals surface area contributed by atoms with Crippen molar-refractivity contribution >= 4 is 35.5 Å².